The summed E-state index contributed by atoms with van der Waals surface area (Å²) in [5.74, 6) is -0.187. The molecule has 9 atom stereocenters. The maximum atomic E-state index is 12.8. The van der Waals surface area contributed by atoms with Crippen LogP contribution in [0.5, 0.6) is 0 Å². The van der Waals surface area contributed by atoms with Crippen molar-refractivity contribution in [2.24, 2.45) is 28.6 Å². The van der Waals surface area contributed by atoms with Gasteiger partial charge in [-0.2, -0.15) is 0 Å². The molecule has 4 aliphatic rings. The Balaban J connectivity index is 1.79. The number of esters is 1. The molecule has 0 saturated heterocycles. The van der Waals surface area contributed by atoms with Crippen LogP contribution in [0.15, 0.2) is 23.3 Å². The second kappa shape index (κ2) is 7.71. The monoisotopic (exact) mass is 432 g/mol. The Kier molecular flexibility index (Phi) is 5.72. The molecule has 3 N–H and O–H groups in total. The summed E-state index contributed by atoms with van der Waals surface area (Å²) in [6, 6.07) is 0. The fourth-order valence-corrected chi connectivity index (χ4v) is 7.88. The number of fused-ring (bicyclic) bond motifs is 5. The van der Waals surface area contributed by atoms with Crippen LogP contribution in [-0.4, -0.2) is 45.2 Å². The standard InChI is InChI=1S/C26H40O5/c1-6-15(2)23(29)31-22-14-21-20(8-7-17-13-18(28)9-11-24(17,21)4)26(30)12-10-19(16(3)27)25(22,26)5/h6-7,16,18-22,27-28,30H,8-14H2,1-5H3/b15-6-/t16-,18+,19-,20-,21+,22-,24+,25+,26+/m1/s1. The van der Waals surface area contributed by atoms with Crippen molar-refractivity contribution in [3.63, 3.8) is 0 Å². The number of carbonyl (C=O) groups excluding carboxylic acids is 1. The lowest BCUT2D eigenvalue weighted by Crippen LogP contribution is -2.67. The quantitative estimate of drug-likeness (QED) is 0.358. The molecule has 0 heterocycles. The lowest BCUT2D eigenvalue weighted by Gasteiger charge is -2.63. The molecule has 0 spiro atoms. The summed E-state index contributed by atoms with van der Waals surface area (Å²) < 4.78 is 6.15. The number of ether oxygens (including phenoxy) is 1. The minimum atomic E-state index is -0.993. The molecule has 5 nitrogen and oxygen atoms in total. The summed E-state index contributed by atoms with van der Waals surface area (Å²) in [5, 5.41) is 33.2. The van der Waals surface area contributed by atoms with E-state index in [0.29, 0.717) is 24.8 Å². The molecule has 5 heteroatoms. The average molecular weight is 433 g/mol. The number of hydrogen-bond acceptors (Lipinski definition) is 5. The molecule has 0 radical (unpaired) electrons. The molecule has 0 amide bonds. The molecule has 0 aromatic heterocycles. The van der Waals surface area contributed by atoms with Crippen LogP contribution in [0.25, 0.3) is 0 Å². The molecular weight excluding hydrogens is 392 g/mol. The van der Waals surface area contributed by atoms with E-state index in [2.05, 4.69) is 13.0 Å². The number of aliphatic hydroxyl groups is 3. The number of rotatable bonds is 3. The van der Waals surface area contributed by atoms with Crippen LogP contribution in [0.3, 0.4) is 0 Å². The SMILES string of the molecule is C/C=C(/C)C(=O)O[C@@H]1C[C@H]2[C@@H](CC=C3C[C@@H](O)CC[C@@]32C)[C@@]2(O)CC[C@H]([C@@H](C)O)[C@@]12C. The van der Waals surface area contributed by atoms with Gasteiger partial charge in [-0.3, -0.25) is 0 Å². The second-order valence-corrected chi connectivity index (χ2v) is 11.2. The van der Waals surface area contributed by atoms with Crippen molar-refractivity contribution in [3.8, 4) is 0 Å². The minimum absolute atomic E-state index is 0.0722. The molecule has 4 rings (SSSR count). The molecule has 174 valence electrons. The Hall–Kier alpha value is -1.17. The van der Waals surface area contributed by atoms with E-state index in [-0.39, 0.29) is 35.2 Å². The van der Waals surface area contributed by atoms with Crippen LogP contribution in [0, 0.1) is 28.6 Å². The zero-order valence-corrected chi connectivity index (χ0v) is 19.7. The van der Waals surface area contributed by atoms with Crippen LogP contribution in [0.4, 0.5) is 0 Å². The summed E-state index contributed by atoms with van der Waals surface area (Å²) in [5.41, 5.74) is 0.0918. The summed E-state index contributed by atoms with van der Waals surface area (Å²) >= 11 is 0. The van der Waals surface area contributed by atoms with Crippen molar-refractivity contribution in [2.45, 2.75) is 103 Å². The van der Waals surface area contributed by atoms with Gasteiger partial charge >= 0.3 is 5.97 Å². The van der Waals surface area contributed by atoms with E-state index >= 15 is 0 Å². The predicted octanol–water partition coefficient (Wildman–Crippen LogP) is 3.91. The second-order valence-electron chi connectivity index (χ2n) is 11.2. The van der Waals surface area contributed by atoms with Gasteiger partial charge in [-0.15, -0.1) is 0 Å². The number of hydrogen-bond donors (Lipinski definition) is 3. The maximum Gasteiger partial charge on any atom is 0.333 e. The van der Waals surface area contributed by atoms with E-state index in [1.807, 2.05) is 13.8 Å². The van der Waals surface area contributed by atoms with Crippen molar-refractivity contribution >= 4 is 5.97 Å². The van der Waals surface area contributed by atoms with E-state index < -0.39 is 23.2 Å². The van der Waals surface area contributed by atoms with Crippen molar-refractivity contribution in [1.82, 2.24) is 0 Å². The Labute approximate surface area is 186 Å². The summed E-state index contributed by atoms with van der Waals surface area (Å²) in [6.07, 6.45) is 7.92. The Morgan fingerprint density at radius 2 is 1.97 bits per heavy atom. The van der Waals surface area contributed by atoms with Gasteiger partial charge in [-0.05, 0) is 88.9 Å². The lowest BCUT2D eigenvalue weighted by atomic mass is 9.44. The van der Waals surface area contributed by atoms with Crippen LogP contribution in [-0.2, 0) is 9.53 Å². The summed E-state index contributed by atoms with van der Waals surface area (Å²) in [7, 11) is 0. The van der Waals surface area contributed by atoms with Gasteiger partial charge < -0.3 is 20.1 Å². The first-order valence-corrected chi connectivity index (χ1v) is 12.1. The van der Waals surface area contributed by atoms with Gasteiger partial charge in [0, 0.05) is 11.0 Å². The van der Waals surface area contributed by atoms with Gasteiger partial charge in [0.15, 0.2) is 0 Å². The molecule has 3 saturated carbocycles. The van der Waals surface area contributed by atoms with Crippen LogP contribution >= 0.6 is 0 Å². The zero-order valence-electron chi connectivity index (χ0n) is 19.7. The largest absolute Gasteiger partial charge is 0.458 e. The van der Waals surface area contributed by atoms with Crippen LogP contribution in [0.1, 0.15) is 79.6 Å². The molecule has 0 bridgehead atoms. The average Bonchev–Trinajstić information content (AvgIpc) is 3.01. The van der Waals surface area contributed by atoms with E-state index in [0.717, 1.165) is 25.7 Å². The lowest BCUT2D eigenvalue weighted by molar-refractivity contribution is -0.239. The number of carbonyl (C=O) groups is 1. The molecule has 3 fully saturated rings. The topological polar surface area (TPSA) is 87.0 Å². The van der Waals surface area contributed by atoms with E-state index in [1.54, 1.807) is 19.9 Å². The molecule has 4 aliphatic carbocycles. The van der Waals surface area contributed by atoms with Gasteiger partial charge in [0.05, 0.1) is 17.8 Å². The van der Waals surface area contributed by atoms with E-state index in [1.165, 1.54) is 5.57 Å². The van der Waals surface area contributed by atoms with Crippen molar-refractivity contribution in [2.75, 3.05) is 0 Å². The normalized spacial score (nSPS) is 48.2. The summed E-state index contributed by atoms with van der Waals surface area (Å²) in [6.45, 7) is 9.71. The molecule has 0 aromatic carbocycles. The fraction of sp³-hybridized carbons (Fsp3) is 0.808. The van der Waals surface area contributed by atoms with Crippen LogP contribution < -0.4 is 0 Å². The molecule has 31 heavy (non-hydrogen) atoms. The van der Waals surface area contributed by atoms with Crippen molar-refractivity contribution < 1.29 is 24.9 Å². The number of aliphatic hydroxyl groups excluding tert-OH is 2. The first-order valence-electron chi connectivity index (χ1n) is 12.1. The Morgan fingerprint density at radius 3 is 2.61 bits per heavy atom. The van der Waals surface area contributed by atoms with Crippen molar-refractivity contribution in [3.05, 3.63) is 23.3 Å². The highest BCUT2D eigenvalue weighted by Gasteiger charge is 2.71. The molecular formula is C26H40O5. The third-order valence-electron chi connectivity index (χ3n) is 9.98. The van der Waals surface area contributed by atoms with Gasteiger partial charge in [0.2, 0.25) is 0 Å². The highest BCUT2D eigenvalue weighted by atomic mass is 16.5. The third kappa shape index (κ3) is 3.18. The molecule has 0 aromatic rings. The van der Waals surface area contributed by atoms with Crippen molar-refractivity contribution in [1.29, 1.82) is 0 Å². The van der Waals surface area contributed by atoms with Crippen LogP contribution in [0.2, 0.25) is 0 Å². The smallest absolute Gasteiger partial charge is 0.333 e. The first-order chi connectivity index (χ1) is 14.5. The van der Waals surface area contributed by atoms with Gasteiger partial charge in [0.1, 0.15) is 6.10 Å². The van der Waals surface area contributed by atoms with E-state index in [4.69, 9.17) is 4.74 Å². The summed E-state index contributed by atoms with van der Waals surface area (Å²) in [4.78, 5) is 12.8. The van der Waals surface area contributed by atoms with Gasteiger partial charge in [-0.25, -0.2) is 4.79 Å². The highest BCUT2D eigenvalue weighted by Crippen LogP contribution is 2.68. The predicted molar refractivity (Wildman–Crippen MR) is 119 cm³/mol. The highest BCUT2D eigenvalue weighted by molar-refractivity contribution is 5.87. The van der Waals surface area contributed by atoms with Gasteiger partial charge in [0.25, 0.3) is 0 Å². The number of allylic oxidation sites excluding steroid dienone is 2. The first kappa shape index (κ1) is 23.0. The maximum absolute atomic E-state index is 12.8. The zero-order chi connectivity index (χ0) is 22.8. The third-order valence-corrected chi connectivity index (χ3v) is 9.98. The minimum Gasteiger partial charge on any atom is -0.458 e. The Morgan fingerprint density at radius 1 is 1.26 bits per heavy atom. The Bertz CT molecular complexity index is 800. The molecule has 0 unspecified atom stereocenters. The van der Waals surface area contributed by atoms with E-state index in [9.17, 15) is 20.1 Å². The fourth-order valence-electron chi connectivity index (χ4n) is 7.88. The van der Waals surface area contributed by atoms with Gasteiger partial charge in [-0.1, -0.05) is 31.6 Å². The molecule has 0 aliphatic heterocycles.